The average molecular weight is 530 g/mol. The van der Waals surface area contributed by atoms with Crippen molar-refractivity contribution in [3.8, 4) is 22.7 Å². The van der Waals surface area contributed by atoms with E-state index in [1.807, 2.05) is 0 Å². The molecule has 0 aliphatic carbocycles. The van der Waals surface area contributed by atoms with Crippen LogP contribution in [0.2, 0.25) is 0 Å². The van der Waals surface area contributed by atoms with Crippen molar-refractivity contribution >= 4 is 5.69 Å². The lowest BCUT2D eigenvalue weighted by atomic mass is 10.0. The molecule has 0 bridgehead atoms. The van der Waals surface area contributed by atoms with Crippen molar-refractivity contribution in [2.24, 2.45) is 0 Å². The number of alkyl halides is 2. The molecule has 8 nitrogen and oxygen atoms in total. The highest BCUT2D eigenvalue weighted by Gasteiger charge is 2.23. The van der Waals surface area contributed by atoms with Gasteiger partial charge >= 0.3 is 6.43 Å². The summed E-state index contributed by atoms with van der Waals surface area (Å²) in [6, 6.07) is 9.86. The number of anilines is 1. The van der Waals surface area contributed by atoms with E-state index in [0.29, 0.717) is 23.0 Å². The van der Waals surface area contributed by atoms with E-state index in [-0.39, 0.29) is 29.6 Å². The third kappa shape index (κ3) is 5.54. The van der Waals surface area contributed by atoms with E-state index in [2.05, 4.69) is 44.6 Å². The lowest BCUT2D eigenvalue weighted by molar-refractivity contribution is 0.116. The van der Waals surface area contributed by atoms with Gasteiger partial charge in [0.15, 0.2) is 5.82 Å². The molecular weight excluding hydrogens is 502 g/mol. The van der Waals surface area contributed by atoms with Gasteiger partial charge in [0.1, 0.15) is 11.5 Å². The summed E-state index contributed by atoms with van der Waals surface area (Å²) in [5, 5.41) is 18.2. The molecule has 0 atom stereocenters. The van der Waals surface area contributed by atoms with Gasteiger partial charge in [0, 0.05) is 41.9 Å². The molecule has 1 fully saturated rings. The van der Waals surface area contributed by atoms with Gasteiger partial charge in [0.05, 0.1) is 18.4 Å². The second kappa shape index (κ2) is 10.9. The maximum Gasteiger partial charge on any atom is 0.314 e. The van der Waals surface area contributed by atoms with Crippen molar-refractivity contribution in [3.63, 3.8) is 0 Å². The van der Waals surface area contributed by atoms with Crippen molar-refractivity contribution in [2.45, 2.75) is 51.7 Å². The van der Waals surface area contributed by atoms with E-state index in [1.54, 1.807) is 24.4 Å². The largest absolute Gasteiger partial charge is 0.415 e. The van der Waals surface area contributed by atoms with Crippen molar-refractivity contribution < 1.29 is 22.0 Å². The highest BCUT2D eigenvalue weighted by atomic mass is 19.3. The molecule has 1 aliphatic heterocycles. The first-order valence-corrected chi connectivity index (χ1v) is 12.4. The Kier molecular flexibility index (Phi) is 7.41. The third-order valence-corrected chi connectivity index (χ3v) is 6.69. The second-order valence-corrected chi connectivity index (χ2v) is 9.57. The first-order chi connectivity index (χ1) is 18.3. The van der Waals surface area contributed by atoms with E-state index in [9.17, 15) is 13.2 Å². The van der Waals surface area contributed by atoms with E-state index in [0.717, 1.165) is 32.0 Å². The maximum absolute atomic E-state index is 15.4. The number of piperidine rings is 1. The van der Waals surface area contributed by atoms with Gasteiger partial charge in [0.25, 0.3) is 5.89 Å². The topological polar surface area (TPSA) is 84.9 Å². The van der Waals surface area contributed by atoms with Crippen LogP contribution in [-0.4, -0.2) is 55.3 Å². The summed E-state index contributed by atoms with van der Waals surface area (Å²) in [5.74, 6) is -2.06. The molecule has 1 saturated heterocycles. The molecule has 1 N–H and O–H groups in total. The molecule has 0 saturated carbocycles. The standard InChI is InChI=1S/C26H27F4N7O/c1-15(2)36-10-8-18(9-11-36)31-21-5-3-4-19(23(21)28)22-14-37(35-32-22)13-17-7-6-16(12-20(17)27)25-33-34-26(38-25)24(29)30/h3-7,12,14-15,18,24,31H,8-11,13H2,1-2H3. The molecule has 3 heterocycles. The van der Waals surface area contributed by atoms with E-state index in [4.69, 9.17) is 4.42 Å². The van der Waals surface area contributed by atoms with Crippen LogP contribution in [0.3, 0.4) is 0 Å². The van der Waals surface area contributed by atoms with Crippen molar-refractivity contribution in [3.05, 3.63) is 65.7 Å². The average Bonchev–Trinajstić information content (AvgIpc) is 3.57. The molecule has 2 aromatic carbocycles. The minimum absolute atomic E-state index is 0.0270. The fraction of sp³-hybridized carbons (Fsp3) is 0.385. The van der Waals surface area contributed by atoms with Crippen molar-refractivity contribution in [2.75, 3.05) is 18.4 Å². The Hall–Kier alpha value is -3.80. The molecule has 0 radical (unpaired) electrons. The Labute approximate surface area is 216 Å². The van der Waals surface area contributed by atoms with Gasteiger partial charge in [-0.05, 0) is 51.0 Å². The summed E-state index contributed by atoms with van der Waals surface area (Å²) in [7, 11) is 0. The molecule has 0 unspecified atom stereocenters. The summed E-state index contributed by atoms with van der Waals surface area (Å²) in [4.78, 5) is 2.41. The van der Waals surface area contributed by atoms with Gasteiger partial charge in [-0.3, -0.25) is 0 Å². The zero-order valence-electron chi connectivity index (χ0n) is 20.9. The lowest BCUT2D eigenvalue weighted by Crippen LogP contribution is -2.42. The number of nitrogens with one attached hydrogen (secondary N) is 1. The molecule has 5 rings (SSSR count). The number of aromatic nitrogens is 5. The molecule has 38 heavy (non-hydrogen) atoms. The van der Waals surface area contributed by atoms with Crippen LogP contribution in [-0.2, 0) is 6.54 Å². The normalized spacial score (nSPS) is 15.1. The third-order valence-electron chi connectivity index (χ3n) is 6.69. The van der Waals surface area contributed by atoms with E-state index >= 15 is 4.39 Å². The Morgan fingerprint density at radius 1 is 1.05 bits per heavy atom. The lowest BCUT2D eigenvalue weighted by Gasteiger charge is -2.35. The zero-order chi connectivity index (χ0) is 26.8. The van der Waals surface area contributed by atoms with Crippen molar-refractivity contribution in [1.82, 2.24) is 30.1 Å². The number of halogens is 4. The summed E-state index contributed by atoms with van der Waals surface area (Å²) in [6.07, 6.45) is 0.500. The summed E-state index contributed by atoms with van der Waals surface area (Å²) < 4.78 is 61.8. The van der Waals surface area contributed by atoms with Crippen LogP contribution in [0.5, 0.6) is 0 Å². The predicted molar refractivity (Wildman–Crippen MR) is 133 cm³/mol. The molecule has 1 aliphatic rings. The number of rotatable bonds is 8. The number of hydrogen-bond donors (Lipinski definition) is 1. The first kappa shape index (κ1) is 25.8. The summed E-state index contributed by atoms with van der Waals surface area (Å²) in [6.45, 7) is 6.31. The minimum atomic E-state index is -2.91. The molecular formula is C26H27F4N7O. The van der Waals surface area contributed by atoms with Gasteiger partial charge in [-0.2, -0.15) is 8.78 Å². The molecule has 0 spiro atoms. The van der Waals surface area contributed by atoms with Gasteiger partial charge in [-0.1, -0.05) is 17.3 Å². The monoisotopic (exact) mass is 529 g/mol. The van der Waals surface area contributed by atoms with Crippen molar-refractivity contribution in [1.29, 1.82) is 0 Å². The van der Waals surface area contributed by atoms with E-state index in [1.165, 1.54) is 16.8 Å². The van der Waals surface area contributed by atoms with Crippen LogP contribution in [0.4, 0.5) is 23.2 Å². The van der Waals surface area contributed by atoms with Gasteiger partial charge in [-0.15, -0.1) is 15.3 Å². The fourth-order valence-electron chi connectivity index (χ4n) is 4.54. The number of benzene rings is 2. The molecule has 0 amide bonds. The SMILES string of the molecule is CC(C)N1CCC(Nc2cccc(-c3cn(Cc4ccc(-c5nnc(C(F)F)o5)cc4F)nn3)c2F)CC1. The highest BCUT2D eigenvalue weighted by Crippen LogP contribution is 2.29. The van der Waals surface area contributed by atoms with Crippen LogP contribution < -0.4 is 5.32 Å². The Morgan fingerprint density at radius 3 is 2.53 bits per heavy atom. The van der Waals surface area contributed by atoms with E-state index < -0.39 is 24.0 Å². The van der Waals surface area contributed by atoms with Crippen LogP contribution in [0, 0.1) is 11.6 Å². The maximum atomic E-state index is 15.4. The zero-order valence-corrected chi connectivity index (χ0v) is 20.9. The number of likely N-dealkylation sites (tertiary alicyclic amines) is 1. The summed E-state index contributed by atoms with van der Waals surface area (Å²) >= 11 is 0. The Morgan fingerprint density at radius 2 is 1.84 bits per heavy atom. The van der Waals surface area contributed by atoms with Crippen LogP contribution in [0.15, 0.2) is 47.0 Å². The summed E-state index contributed by atoms with van der Waals surface area (Å²) in [5.41, 5.74) is 1.47. The smallest absolute Gasteiger partial charge is 0.314 e. The predicted octanol–water partition coefficient (Wildman–Crippen LogP) is 5.54. The quantitative estimate of drug-likeness (QED) is 0.300. The molecule has 4 aromatic rings. The van der Waals surface area contributed by atoms with Crippen LogP contribution >= 0.6 is 0 Å². The van der Waals surface area contributed by atoms with Gasteiger partial charge in [-0.25, -0.2) is 13.5 Å². The number of nitrogens with zero attached hydrogens (tertiary/aromatic N) is 6. The molecule has 12 heteroatoms. The Balaban J connectivity index is 1.27. The van der Waals surface area contributed by atoms with Crippen LogP contribution in [0.1, 0.15) is 44.6 Å². The Bertz CT molecular complexity index is 1400. The van der Waals surface area contributed by atoms with Crippen LogP contribution in [0.25, 0.3) is 22.7 Å². The highest BCUT2D eigenvalue weighted by molar-refractivity contribution is 5.66. The molecule has 200 valence electrons. The fourth-order valence-corrected chi connectivity index (χ4v) is 4.54. The minimum Gasteiger partial charge on any atom is -0.415 e. The second-order valence-electron chi connectivity index (χ2n) is 9.57. The van der Waals surface area contributed by atoms with Gasteiger partial charge in [0.2, 0.25) is 5.89 Å². The van der Waals surface area contributed by atoms with Gasteiger partial charge < -0.3 is 14.6 Å². The number of hydrogen-bond acceptors (Lipinski definition) is 7. The first-order valence-electron chi connectivity index (χ1n) is 12.4. The molecule has 2 aromatic heterocycles.